The van der Waals surface area contributed by atoms with Crippen LogP contribution in [-0.4, -0.2) is 22.5 Å². The molecular weight excluding hydrogens is 426 g/mol. The Bertz CT molecular complexity index is 879. The SMILES string of the molecule is Cc1cc(Br)cc(Cl)c1OCC(=O)Nc1nc(-c2cccnc2)cs1. The van der Waals surface area contributed by atoms with Gasteiger partial charge < -0.3 is 4.74 Å². The molecule has 3 aromatic rings. The molecule has 8 heteroatoms. The Morgan fingerprint density at radius 1 is 1.44 bits per heavy atom. The second kappa shape index (κ2) is 7.95. The van der Waals surface area contributed by atoms with Gasteiger partial charge >= 0.3 is 0 Å². The Balaban J connectivity index is 1.61. The first-order chi connectivity index (χ1) is 12.0. The molecule has 0 aliphatic heterocycles. The standard InChI is InChI=1S/C17H13BrClN3O2S/c1-10-5-12(18)6-13(19)16(10)24-8-15(23)22-17-21-14(9-25-17)11-3-2-4-20-7-11/h2-7,9H,8H2,1H3,(H,21,22,23). The number of aromatic nitrogens is 2. The van der Waals surface area contributed by atoms with Gasteiger partial charge in [-0.1, -0.05) is 27.5 Å². The highest BCUT2D eigenvalue weighted by molar-refractivity contribution is 9.10. The van der Waals surface area contributed by atoms with Gasteiger partial charge in [-0.05, 0) is 36.8 Å². The number of hydrogen-bond acceptors (Lipinski definition) is 5. The van der Waals surface area contributed by atoms with Crippen LogP contribution in [0, 0.1) is 6.92 Å². The molecular formula is C17H13BrClN3O2S. The number of anilines is 1. The quantitative estimate of drug-likeness (QED) is 0.612. The summed E-state index contributed by atoms with van der Waals surface area (Å²) in [6, 6.07) is 7.35. The van der Waals surface area contributed by atoms with Crippen LogP contribution in [0.25, 0.3) is 11.3 Å². The van der Waals surface area contributed by atoms with Crippen molar-refractivity contribution in [3.05, 3.63) is 57.1 Å². The maximum atomic E-state index is 12.1. The van der Waals surface area contributed by atoms with E-state index in [1.165, 1.54) is 11.3 Å². The van der Waals surface area contributed by atoms with E-state index in [4.69, 9.17) is 16.3 Å². The molecule has 1 N–H and O–H groups in total. The molecule has 0 fully saturated rings. The fourth-order valence-corrected chi connectivity index (χ4v) is 3.90. The first-order valence-corrected chi connectivity index (χ1v) is 9.32. The third-order valence-electron chi connectivity index (χ3n) is 3.25. The molecule has 0 unspecified atom stereocenters. The lowest BCUT2D eigenvalue weighted by Crippen LogP contribution is -2.20. The van der Waals surface area contributed by atoms with Crippen molar-refractivity contribution in [2.24, 2.45) is 0 Å². The summed E-state index contributed by atoms with van der Waals surface area (Å²) in [6.45, 7) is 1.72. The molecule has 0 aliphatic rings. The lowest BCUT2D eigenvalue weighted by Gasteiger charge is -2.11. The largest absolute Gasteiger partial charge is 0.482 e. The number of benzene rings is 1. The van der Waals surface area contributed by atoms with E-state index in [0.717, 1.165) is 21.3 Å². The van der Waals surface area contributed by atoms with Crippen molar-refractivity contribution < 1.29 is 9.53 Å². The zero-order valence-corrected chi connectivity index (χ0v) is 16.3. The molecule has 0 spiro atoms. The van der Waals surface area contributed by atoms with Crippen molar-refractivity contribution in [2.75, 3.05) is 11.9 Å². The van der Waals surface area contributed by atoms with E-state index in [2.05, 4.69) is 31.2 Å². The molecule has 2 heterocycles. The number of rotatable bonds is 5. The van der Waals surface area contributed by atoms with Crippen LogP contribution in [-0.2, 0) is 4.79 Å². The summed E-state index contributed by atoms with van der Waals surface area (Å²) in [4.78, 5) is 20.5. The second-order valence-electron chi connectivity index (χ2n) is 5.15. The molecule has 0 atom stereocenters. The molecule has 0 aliphatic carbocycles. The van der Waals surface area contributed by atoms with E-state index in [-0.39, 0.29) is 12.5 Å². The maximum Gasteiger partial charge on any atom is 0.264 e. The van der Waals surface area contributed by atoms with Crippen LogP contribution in [0.15, 0.2) is 46.5 Å². The Kier molecular flexibility index (Phi) is 5.67. The van der Waals surface area contributed by atoms with Gasteiger partial charge in [0.25, 0.3) is 5.91 Å². The Morgan fingerprint density at radius 2 is 2.28 bits per heavy atom. The molecule has 1 aromatic carbocycles. The fourth-order valence-electron chi connectivity index (χ4n) is 2.14. The number of ether oxygens (including phenoxy) is 1. The summed E-state index contributed by atoms with van der Waals surface area (Å²) in [7, 11) is 0. The molecule has 2 aromatic heterocycles. The van der Waals surface area contributed by atoms with Crippen LogP contribution in [0.1, 0.15) is 5.56 Å². The smallest absolute Gasteiger partial charge is 0.264 e. The number of nitrogens with zero attached hydrogens (tertiary/aromatic N) is 2. The van der Waals surface area contributed by atoms with E-state index in [0.29, 0.717) is 15.9 Å². The summed E-state index contributed by atoms with van der Waals surface area (Å²) in [6.07, 6.45) is 3.42. The second-order valence-corrected chi connectivity index (χ2v) is 7.33. The highest BCUT2D eigenvalue weighted by Crippen LogP contribution is 2.32. The third kappa shape index (κ3) is 4.56. The van der Waals surface area contributed by atoms with E-state index in [1.54, 1.807) is 18.5 Å². The number of carbonyl (C=O) groups excluding carboxylic acids is 1. The van der Waals surface area contributed by atoms with Gasteiger partial charge in [-0.2, -0.15) is 0 Å². The van der Waals surface area contributed by atoms with Crippen LogP contribution in [0.3, 0.4) is 0 Å². The molecule has 0 saturated heterocycles. The van der Waals surface area contributed by atoms with E-state index in [9.17, 15) is 4.79 Å². The van der Waals surface area contributed by atoms with Crippen molar-refractivity contribution in [1.82, 2.24) is 9.97 Å². The summed E-state index contributed by atoms with van der Waals surface area (Å²) in [5.74, 6) is 0.195. The first kappa shape index (κ1) is 17.8. The Morgan fingerprint density at radius 3 is 3.00 bits per heavy atom. The minimum Gasteiger partial charge on any atom is -0.482 e. The minimum absolute atomic E-state index is 0.149. The highest BCUT2D eigenvalue weighted by atomic mass is 79.9. The molecule has 0 radical (unpaired) electrons. The summed E-state index contributed by atoms with van der Waals surface area (Å²) >= 11 is 10.9. The van der Waals surface area contributed by atoms with Gasteiger partial charge in [0.15, 0.2) is 11.7 Å². The Labute approximate surface area is 162 Å². The van der Waals surface area contributed by atoms with Gasteiger partial charge in [-0.15, -0.1) is 11.3 Å². The van der Waals surface area contributed by atoms with Crippen LogP contribution in [0.5, 0.6) is 5.75 Å². The third-order valence-corrected chi connectivity index (χ3v) is 4.75. The van der Waals surface area contributed by atoms with Crippen molar-refractivity contribution in [2.45, 2.75) is 6.92 Å². The van der Waals surface area contributed by atoms with Crippen LogP contribution in [0.2, 0.25) is 5.02 Å². The predicted molar refractivity (Wildman–Crippen MR) is 103 cm³/mol. The van der Waals surface area contributed by atoms with Crippen LogP contribution < -0.4 is 10.1 Å². The molecule has 128 valence electrons. The number of aryl methyl sites for hydroxylation is 1. The average molecular weight is 439 g/mol. The van der Waals surface area contributed by atoms with Crippen LogP contribution >= 0.6 is 38.9 Å². The summed E-state index contributed by atoms with van der Waals surface area (Å²) < 4.78 is 6.41. The zero-order valence-electron chi connectivity index (χ0n) is 13.1. The number of pyridine rings is 1. The number of hydrogen-bond donors (Lipinski definition) is 1. The Hall–Kier alpha value is -1.96. The van der Waals surface area contributed by atoms with Gasteiger partial charge in [0.1, 0.15) is 5.75 Å². The highest BCUT2D eigenvalue weighted by Gasteiger charge is 2.12. The van der Waals surface area contributed by atoms with Gasteiger partial charge in [-0.25, -0.2) is 4.98 Å². The average Bonchev–Trinajstić information content (AvgIpc) is 3.03. The minimum atomic E-state index is -0.300. The topological polar surface area (TPSA) is 64.1 Å². The van der Waals surface area contributed by atoms with Crippen LogP contribution in [0.4, 0.5) is 5.13 Å². The van der Waals surface area contributed by atoms with Gasteiger partial charge in [0, 0.05) is 27.8 Å². The number of halogens is 2. The van der Waals surface area contributed by atoms with Crippen molar-refractivity contribution in [3.63, 3.8) is 0 Å². The predicted octanol–water partition coefficient (Wildman–Crippen LogP) is 4.95. The first-order valence-electron chi connectivity index (χ1n) is 7.27. The molecule has 0 bridgehead atoms. The van der Waals surface area contributed by atoms with Crippen molar-refractivity contribution in [3.8, 4) is 17.0 Å². The molecule has 5 nitrogen and oxygen atoms in total. The number of thiazole rings is 1. The number of nitrogens with one attached hydrogen (secondary N) is 1. The van der Waals surface area contributed by atoms with Gasteiger partial charge in [0.2, 0.25) is 0 Å². The molecule has 3 rings (SSSR count). The van der Waals surface area contributed by atoms with Gasteiger partial charge in [-0.3, -0.25) is 15.1 Å². The monoisotopic (exact) mass is 437 g/mol. The number of amides is 1. The summed E-state index contributed by atoms with van der Waals surface area (Å²) in [5.41, 5.74) is 2.51. The molecule has 25 heavy (non-hydrogen) atoms. The normalized spacial score (nSPS) is 10.5. The van der Waals surface area contributed by atoms with E-state index in [1.807, 2.05) is 30.5 Å². The zero-order chi connectivity index (χ0) is 17.8. The number of carbonyl (C=O) groups is 1. The lowest BCUT2D eigenvalue weighted by molar-refractivity contribution is -0.118. The van der Waals surface area contributed by atoms with Crippen molar-refractivity contribution in [1.29, 1.82) is 0 Å². The lowest BCUT2D eigenvalue weighted by atomic mass is 10.2. The van der Waals surface area contributed by atoms with Gasteiger partial charge in [0.05, 0.1) is 10.7 Å². The fraction of sp³-hybridized carbons (Fsp3) is 0.118. The van der Waals surface area contributed by atoms with E-state index >= 15 is 0 Å². The molecule has 1 amide bonds. The van der Waals surface area contributed by atoms with Crippen molar-refractivity contribution >= 4 is 49.9 Å². The maximum absolute atomic E-state index is 12.1. The van der Waals surface area contributed by atoms with E-state index < -0.39 is 0 Å². The summed E-state index contributed by atoms with van der Waals surface area (Å²) in [5, 5.41) is 5.54. The molecule has 0 saturated carbocycles.